The minimum atomic E-state index is -1.80. The number of nitrogens with zero attached hydrogens (tertiary/aromatic N) is 1. The molecule has 0 amide bonds. The summed E-state index contributed by atoms with van der Waals surface area (Å²) in [6.45, 7) is 10.5. The van der Waals surface area contributed by atoms with Crippen LogP contribution in [0, 0.1) is 12.8 Å². The normalized spacial score (nSPS) is 17.3. The molecule has 27 heavy (non-hydrogen) atoms. The zero-order valence-electron chi connectivity index (χ0n) is 17.4. The molecule has 1 aliphatic carbocycles. The minimum Gasteiger partial charge on any atom is -0.408 e. The fourth-order valence-electron chi connectivity index (χ4n) is 4.21. The lowest BCUT2D eigenvalue weighted by atomic mass is 9.89. The van der Waals surface area contributed by atoms with Gasteiger partial charge in [0.25, 0.3) is 0 Å². The van der Waals surface area contributed by atoms with Crippen LogP contribution < -0.4 is 5.32 Å². The quantitative estimate of drug-likeness (QED) is 0.322. The lowest BCUT2D eigenvalue weighted by molar-refractivity contribution is 0.182. The Morgan fingerprint density at radius 3 is 2.33 bits per heavy atom. The van der Waals surface area contributed by atoms with Gasteiger partial charge < -0.3 is 9.74 Å². The van der Waals surface area contributed by atoms with Crippen molar-refractivity contribution in [3.05, 3.63) is 27.5 Å². The van der Waals surface area contributed by atoms with Crippen LogP contribution in [0.3, 0.4) is 0 Å². The molecule has 1 unspecified atom stereocenters. The molecule has 1 aromatic heterocycles. The highest BCUT2D eigenvalue weighted by molar-refractivity contribution is 6.73. The van der Waals surface area contributed by atoms with Crippen molar-refractivity contribution in [1.82, 2.24) is 10.3 Å². The van der Waals surface area contributed by atoms with Gasteiger partial charge in [0.2, 0.25) is 0 Å². The topological polar surface area (TPSA) is 34.1 Å². The van der Waals surface area contributed by atoms with Gasteiger partial charge in [0, 0.05) is 17.8 Å². The average Bonchev–Trinajstić information content (AvgIpc) is 2.66. The Balaban J connectivity index is 2.17. The van der Waals surface area contributed by atoms with Crippen LogP contribution in [0.15, 0.2) is 6.07 Å². The van der Waals surface area contributed by atoms with Crippen molar-refractivity contribution < 1.29 is 4.43 Å². The Kier molecular flexibility index (Phi) is 9.56. The molecule has 1 fully saturated rings. The van der Waals surface area contributed by atoms with Crippen LogP contribution in [0.1, 0.15) is 70.2 Å². The van der Waals surface area contributed by atoms with Crippen molar-refractivity contribution in [3.63, 3.8) is 0 Å². The summed E-state index contributed by atoms with van der Waals surface area (Å²) in [5.74, 6) is 0.784. The summed E-state index contributed by atoms with van der Waals surface area (Å²) in [6, 6.07) is 5.21. The van der Waals surface area contributed by atoms with E-state index in [4.69, 9.17) is 27.6 Å². The maximum atomic E-state index is 6.83. The molecule has 1 saturated carbocycles. The standard InChI is InChI=1S/C21H36Cl2N2OSi/c1-5-27(6-2,7-3)26-19(15-24-14-17-11-9-8-10-12-17)20-18(22)13-16(4)25-21(20)23/h13,17,19,24H,5-12,14-15H2,1-4H3. The summed E-state index contributed by atoms with van der Waals surface area (Å²) in [6.07, 6.45) is 6.66. The monoisotopic (exact) mass is 430 g/mol. The van der Waals surface area contributed by atoms with E-state index in [1.807, 2.05) is 13.0 Å². The van der Waals surface area contributed by atoms with Crippen molar-refractivity contribution >= 4 is 31.5 Å². The number of hydrogen-bond acceptors (Lipinski definition) is 3. The number of nitrogens with one attached hydrogen (secondary N) is 1. The SMILES string of the molecule is CC[Si](CC)(CC)OC(CNCC1CCCCC1)c1c(Cl)cc(C)nc1Cl. The van der Waals surface area contributed by atoms with Gasteiger partial charge in [-0.25, -0.2) is 4.98 Å². The molecule has 0 saturated heterocycles. The van der Waals surface area contributed by atoms with Gasteiger partial charge in [0.1, 0.15) is 5.15 Å². The highest BCUT2D eigenvalue weighted by atomic mass is 35.5. The molecule has 0 aromatic carbocycles. The lowest BCUT2D eigenvalue weighted by Crippen LogP contribution is -2.40. The van der Waals surface area contributed by atoms with E-state index in [-0.39, 0.29) is 6.10 Å². The fraction of sp³-hybridized carbons (Fsp3) is 0.762. The highest BCUT2D eigenvalue weighted by Crippen LogP contribution is 2.36. The van der Waals surface area contributed by atoms with Crippen LogP contribution in [0.4, 0.5) is 0 Å². The first kappa shape index (κ1) is 23.1. The molecule has 1 atom stereocenters. The van der Waals surface area contributed by atoms with Crippen molar-refractivity contribution in [1.29, 1.82) is 0 Å². The second-order valence-electron chi connectivity index (χ2n) is 7.96. The molecule has 1 N–H and O–H groups in total. The van der Waals surface area contributed by atoms with Crippen molar-refractivity contribution in [2.24, 2.45) is 5.92 Å². The van der Waals surface area contributed by atoms with E-state index in [1.54, 1.807) is 0 Å². The second kappa shape index (κ2) is 11.2. The Hall–Kier alpha value is -0.133. The molecule has 3 nitrogen and oxygen atoms in total. The van der Waals surface area contributed by atoms with Gasteiger partial charge >= 0.3 is 0 Å². The fourth-order valence-corrected chi connectivity index (χ4v) is 7.79. The number of aryl methyl sites for hydroxylation is 1. The lowest BCUT2D eigenvalue weighted by Gasteiger charge is -2.34. The number of halogens is 2. The largest absolute Gasteiger partial charge is 0.408 e. The molecular weight excluding hydrogens is 395 g/mol. The zero-order valence-corrected chi connectivity index (χ0v) is 19.9. The van der Waals surface area contributed by atoms with E-state index in [0.29, 0.717) is 10.2 Å². The van der Waals surface area contributed by atoms with Crippen LogP contribution in [0.25, 0.3) is 0 Å². The molecule has 1 heterocycles. The van der Waals surface area contributed by atoms with Gasteiger partial charge in [-0.3, -0.25) is 0 Å². The summed E-state index contributed by atoms with van der Waals surface area (Å²) in [5, 5.41) is 4.82. The summed E-state index contributed by atoms with van der Waals surface area (Å²) < 4.78 is 6.83. The van der Waals surface area contributed by atoms with Gasteiger partial charge in [0.15, 0.2) is 8.32 Å². The number of hydrogen-bond donors (Lipinski definition) is 1. The van der Waals surface area contributed by atoms with Crippen molar-refractivity contribution in [2.45, 2.75) is 84.0 Å². The Bertz CT molecular complexity index is 558. The first-order valence-corrected chi connectivity index (χ1v) is 13.9. The molecule has 0 aliphatic heterocycles. The van der Waals surface area contributed by atoms with E-state index < -0.39 is 8.32 Å². The Morgan fingerprint density at radius 1 is 1.15 bits per heavy atom. The van der Waals surface area contributed by atoms with Gasteiger partial charge in [-0.2, -0.15) is 0 Å². The number of pyridine rings is 1. The average molecular weight is 432 g/mol. The molecule has 0 bridgehead atoms. The minimum absolute atomic E-state index is 0.131. The van der Waals surface area contributed by atoms with E-state index in [2.05, 4.69) is 31.1 Å². The van der Waals surface area contributed by atoms with E-state index in [0.717, 1.165) is 48.4 Å². The molecule has 2 rings (SSSR count). The van der Waals surface area contributed by atoms with Crippen LogP contribution in [0.2, 0.25) is 28.3 Å². The maximum Gasteiger partial charge on any atom is 0.192 e. The second-order valence-corrected chi connectivity index (χ2v) is 13.5. The van der Waals surface area contributed by atoms with Crippen LogP contribution in [-0.2, 0) is 4.43 Å². The Labute approximate surface area is 176 Å². The summed E-state index contributed by atoms with van der Waals surface area (Å²) >= 11 is 13.1. The molecule has 0 radical (unpaired) electrons. The van der Waals surface area contributed by atoms with E-state index >= 15 is 0 Å². The Morgan fingerprint density at radius 2 is 1.78 bits per heavy atom. The third-order valence-electron chi connectivity index (χ3n) is 6.22. The van der Waals surface area contributed by atoms with Crippen LogP contribution in [-0.4, -0.2) is 26.4 Å². The molecule has 0 spiro atoms. The van der Waals surface area contributed by atoms with Crippen LogP contribution >= 0.6 is 23.2 Å². The molecule has 6 heteroatoms. The van der Waals surface area contributed by atoms with Gasteiger partial charge in [0.05, 0.1) is 11.1 Å². The summed E-state index contributed by atoms with van der Waals surface area (Å²) in [4.78, 5) is 4.45. The number of aromatic nitrogens is 1. The smallest absolute Gasteiger partial charge is 0.192 e. The third kappa shape index (κ3) is 6.43. The molecule has 154 valence electrons. The summed E-state index contributed by atoms with van der Waals surface area (Å²) in [7, 11) is -1.80. The molecular formula is C21H36Cl2N2OSi. The van der Waals surface area contributed by atoms with Crippen LogP contribution in [0.5, 0.6) is 0 Å². The predicted octanol–water partition coefficient (Wildman–Crippen LogP) is 6.93. The van der Waals surface area contributed by atoms with E-state index in [1.165, 1.54) is 32.1 Å². The van der Waals surface area contributed by atoms with Gasteiger partial charge in [-0.05, 0) is 56.4 Å². The van der Waals surface area contributed by atoms with Gasteiger partial charge in [-0.15, -0.1) is 0 Å². The first-order chi connectivity index (χ1) is 12.9. The third-order valence-corrected chi connectivity index (χ3v) is 11.5. The van der Waals surface area contributed by atoms with E-state index in [9.17, 15) is 0 Å². The van der Waals surface area contributed by atoms with Gasteiger partial charge in [-0.1, -0.05) is 63.2 Å². The first-order valence-electron chi connectivity index (χ1n) is 10.7. The highest BCUT2D eigenvalue weighted by Gasteiger charge is 2.34. The molecule has 1 aliphatic rings. The molecule has 1 aromatic rings. The zero-order chi connectivity index (χ0) is 19.9. The number of rotatable bonds is 10. The van der Waals surface area contributed by atoms with Crippen molar-refractivity contribution in [2.75, 3.05) is 13.1 Å². The summed E-state index contributed by atoms with van der Waals surface area (Å²) in [5.41, 5.74) is 1.69. The predicted molar refractivity (Wildman–Crippen MR) is 119 cm³/mol. The maximum absolute atomic E-state index is 6.83. The van der Waals surface area contributed by atoms with Crippen molar-refractivity contribution in [3.8, 4) is 0 Å².